The van der Waals surface area contributed by atoms with Crippen LogP contribution in [0.5, 0.6) is 11.5 Å². The van der Waals surface area contributed by atoms with Gasteiger partial charge >= 0.3 is 0 Å². The van der Waals surface area contributed by atoms with E-state index in [0.29, 0.717) is 19.8 Å². The number of fused-ring (bicyclic) bond motifs is 1. The summed E-state index contributed by atoms with van der Waals surface area (Å²) < 4.78 is 17.2. The van der Waals surface area contributed by atoms with Crippen molar-refractivity contribution in [2.24, 2.45) is 5.73 Å². The Balaban J connectivity index is 1.90. The fourth-order valence-corrected chi connectivity index (χ4v) is 3.19. The lowest BCUT2D eigenvalue weighted by molar-refractivity contribution is -0.0677. The molecule has 0 bridgehead atoms. The lowest BCUT2D eigenvalue weighted by atomic mass is 9.97. The minimum absolute atomic E-state index is 0.0351. The Bertz CT molecular complexity index is 479. The third kappa shape index (κ3) is 3.00. The molecule has 3 rings (SSSR count). The van der Waals surface area contributed by atoms with Gasteiger partial charge in [-0.3, -0.25) is 4.90 Å². The first-order valence-electron chi connectivity index (χ1n) is 7.78. The summed E-state index contributed by atoms with van der Waals surface area (Å²) in [5.74, 6) is 1.66. The van der Waals surface area contributed by atoms with Crippen LogP contribution in [-0.4, -0.2) is 50.5 Å². The van der Waals surface area contributed by atoms with Crippen LogP contribution in [0.15, 0.2) is 18.2 Å². The Morgan fingerprint density at radius 2 is 2.00 bits per heavy atom. The maximum Gasteiger partial charge on any atom is 0.161 e. The van der Waals surface area contributed by atoms with Gasteiger partial charge in [-0.05, 0) is 30.7 Å². The van der Waals surface area contributed by atoms with Gasteiger partial charge in [-0.2, -0.15) is 0 Å². The lowest BCUT2D eigenvalue weighted by Gasteiger charge is -2.41. The minimum atomic E-state index is 0.0351. The fourth-order valence-electron chi connectivity index (χ4n) is 3.19. The number of nitrogens with two attached hydrogens (primary N) is 1. The van der Waals surface area contributed by atoms with E-state index in [1.807, 2.05) is 6.07 Å². The molecule has 5 heteroatoms. The van der Waals surface area contributed by atoms with E-state index in [0.717, 1.165) is 37.6 Å². The average molecular weight is 292 g/mol. The molecule has 0 saturated carbocycles. The molecule has 2 aliphatic rings. The van der Waals surface area contributed by atoms with Crippen molar-refractivity contribution in [3.8, 4) is 11.5 Å². The second-order valence-corrected chi connectivity index (χ2v) is 5.53. The number of hydrogen-bond acceptors (Lipinski definition) is 5. The van der Waals surface area contributed by atoms with E-state index < -0.39 is 0 Å². The highest BCUT2D eigenvalue weighted by Crippen LogP contribution is 2.36. The van der Waals surface area contributed by atoms with Crippen LogP contribution in [0.1, 0.15) is 24.9 Å². The fraction of sp³-hybridized carbons (Fsp3) is 0.625. The molecule has 1 fully saturated rings. The molecule has 2 atom stereocenters. The first-order valence-corrected chi connectivity index (χ1v) is 7.78. The average Bonchev–Trinajstić information content (AvgIpc) is 2.54. The van der Waals surface area contributed by atoms with E-state index in [9.17, 15) is 0 Å². The van der Waals surface area contributed by atoms with E-state index in [1.54, 1.807) is 0 Å². The molecule has 0 aliphatic carbocycles. The van der Waals surface area contributed by atoms with Crippen molar-refractivity contribution in [3.05, 3.63) is 23.8 Å². The molecule has 2 heterocycles. The number of morpholine rings is 1. The minimum Gasteiger partial charge on any atom is -0.486 e. The number of benzene rings is 1. The van der Waals surface area contributed by atoms with Gasteiger partial charge in [-0.25, -0.2) is 0 Å². The monoisotopic (exact) mass is 292 g/mol. The van der Waals surface area contributed by atoms with Crippen molar-refractivity contribution in [3.63, 3.8) is 0 Å². The maximum absolute atomic E-state index is 5.92. The Labute approximate surface area is 126 Å². The molecule has 0 amide bonds. The standard InChI is InChI=1S/C16H24N2O3/c1-2-5-18-6-7-19-15(11-17)16(18)12-3-4-13-14(10-12)21-9-8-20-13/h3-4,10,15-16H,2,5-9,11,17H2,1H3. The quantitative estimate of drug-likeness (QED) is 0.913. The van der Waals surface area contributed by atoms with Crippen LogP contribution < -0.4 is 15.2 Å². The number of nitrogens with zero attached hydrogens (tertiary/aromatic N) is 1. The molecule has 0 aromatic heterocycles. The van der Waals surface area contributed by atoms with Crippen molar-refractivity contribution < 1.29 is 14.2 Å². The van der Waals surface area contributed by atoms with E-state index >= 15 is 0 Å². The summed E-state index contributed by atoms with van der Waals surface area (Å²) in [4.78, 5) is 2.46. The second kappa shape index (κ2) is 6.64. The predicted octanol–water partition coefficient (Wildman–Crippen LogP) is 1.57. The van der Waals surface area contributed by atoms with Crippen molar-refractivity contribution in [2.75, 3.05) is 39.5 Å². The first kappa shape index (κ1) is 14.6. The predicted molar refractivity (Wildman–Crippen MR) is 80.8 cm³/mol. The smallest absolute Gasteiger partial charge is 0.161 e. The van der Waals surface area contributed by atoms with E-state index in [1.165, 1.54) is 5.56 Å². The van der Waals surface area contributed by atoms with E-state index in [4.69, 9.17) is 19.9 Å². The maximum atomic E-state index is 5.92. The second-order valence-electron chi connectivity index (χ2n) is 5.53. The summed E-state index contributed by atoms with van der Waals surface area (Å²) in [6, 6.07) is 6.38. The van der Waals surface area contributed by atoms with Crippen LogP contribution in [-0.2, 0) is 4.74 Å². The number of ether oxygens (including phenoxy) is 3. The molecule has 5 nitrogen and oxygen atoms in total. The Kier molecular flexibility index (Phi) is 4.63. The zero-order valence-corrected chi connectivity index (χ0v) is 12.6. The highest BCUT2D eigenvalue weighted by molar-refractivity contribution is 5.45. The van der Waals surface area contributed by atoms with Crippen LogP contribution in [0, 0.1) is 0 Å². The van der Waals surface area contributed by atoms with Crippen LogP contribution in [0.25, 0.3) is 0 Å². The van der Waals surface area contributed by atoms with Crippen molar-refractivity contribution in [2.45, 2.75) is 25.5 Å². The zero-order valence-electron chi connectivity index (χ0n) is 12.6. The van der Waals surface area contributed by atoms with Crippen molar-refractivity contribution in [1.29, 1.82) is 0 Å². The summed E-state index contributed by atoms with van der Waals surface area (Å²) in [5.41, 5.74) is 7.12. The first-order chi connectivity index (χ1) is 10.3. The summed E-state index contributed by atoms with van der Waals surface area (Å²) in [7, 11) is 0. The molecule has 1 aromatic carbocycles. The molecule has 2 unspecified atom stereocenters. The molecule has 116 valence electrons. The largest absolute Gasteiger partial charge is 0.486 e. The van der Waals surface area contributed by atoms with Gasteiger partial charge in [0.15, 0.2) is 11.5 Å². The summed E-state index contributed by atoms with van der Waals surface area (Å²) >= 11 is 0. The van der Waals surface area contributed by atoms with Crippen LogP contribution in [0.4, 0.5) is 0 Å². The molecular formula is C16H24N2O3. The van der Waals surface area contributed by atoms with Crippen LogP contribution in [0.3, 0.4) is 0 Å². The molecule has 1 saturated heterocycles. The summed E-state index contributed by atoms with van der Waals surface area (Å²) in [6.07, 6.45) is 1.16. The summed E-state index contributed by atoms with van der Waals surface area (Å²) in [5, 5.41) is 0. The molecule has 2 N–H and O–H groups in total. The third-order valence-corrected chi connectivity index (χ3v) is 4.11. The molecule has 0 radical (unpaired) electrons. The van der Waals surface area contributed by atoms with Gasteiger partial charge in [-0.15, -0.1) is 0 Å². The van der Waals surface area contributed by atoms with Gasteiger partial charge in [0.1, 0.15) is 13.2 Å². The lowest BCUT2D eigenvalue weighted by Crippen LogP contribution is -2.48. The SMILES string of the molecule is CCCN1CCOC(CN)C1c1ccc2c(c1)OCCO2. The van der Waals surface area contributed by atoms with Crippen molar-refractivity contribution >= 4 is 0 Å². The van der Waals surface area contributed by atoms with Gasteiger partial charge in [0.2, 0.25) is 0 Å². The van der Waals surface area contributed by atoms with Gasteiger partial charge in [0, 0.05) is 13.1 Å². The van der Waals surface area contributed by atoms with Gasteiger partial charge in [0.05, 0.1) is 18.8 Å². The van der Waals surface area contributed by atoms with Crippen LogP contribution in [0.2, 0.25) is 0 Å². The number of rotatable bonds is 4. The highest BCUT2D eigenvalue weighted by Gasteiger charge is 2.33. The summed E-state index contributed by atoms with van der Waals surface area (Å²) in [6.45, 7) is 6.71. The molecule has 2 aliphatic heterocycles. The van der Waals surface area contributed by atoms with Gasteiger partial charge in [0.25, 0.3) is 0 Å². The van der Waals surface area contributed by atoms with Gasteiger partial charge < -0.3 is 19.9 Å². The molecule has 21 heavy (non-hydrogen) atoms. The van der Waals surface area contributed by atoms with Gasteiger partial charge in [-0.1, -0.05) is 13.0 Å². The molecule has 1 aromatic rings. The Morgan fingerprint density at radius 1 is 1.19 bits per heavy atom. The zero-order chi connectivity index (χ0) is 14.7. The van der Waals surface area contributed by atoms with E-state index in [2.05, 4.69) is 24.0 Å². The normalized spacial score (nSPS) is 25.8. The highest BCUT2D eigenvalue weighted by atomic mass is 16.6. The molecular weight excluding hydrogens is 268 g/mol. The number of hydrogen-bond donors (Lipinski definition) is 1. The topological polar surface area (TPSA) is 57.0 Å². The Morgan fingerprint density at radius 3 is 2.76 bits per heavy atom. The van der Waals surface area contributed by atoms with Crippen molar-refractivity contribution in [1.82, 2.24) is 4.90 Å². The Hall–Kier alpha value is -1.30. The third-order valence-electron chi connectivity index (χ3n) is 4.11. The van der Waals surface area contributed by atoms with E-state index in [-0.39, 0.29) is 12.1 Å². The molecule has 0 spiro atoms. The van der Waals surface area contributed by atoms with Crippen LogP contribution >= 0.6 is 0 Å².